The van der Waals surface area contributed by atoms with Crippen LogP contribution in [0.1, 0.15) is 45.5 Å². The summed E-state index contributed by atoms with van der Waals surface area (Å²) in [6.45, 7) is 11.5. The number of rotatable bonds is 7. The van der Waals surface area contributed by atoms with Crippen LogP contribution in [0, 0.1) is 0 Å². The largest absolute Gasteiger partial charge is 0.467 e. The molecule has 2 heterocycles. The Bertz CT molecular complexity index is 1190. The molecule has 0 spiro atoms. The first-order valence-electron chi connectivity index (χ1n) is 10.0. The normalized spacial score (nSPS) is 12.8. The first kappa shape index (κ1) is 22.0. The average molecular weight is 421 g/mol. The third-order valence-corrected chi connectivity index (χ3v) is 4.89. The fourth-order valence-electron chi connectivity index (χ4n) is 3.63. The molecule has 8 heteroatoms. The second kappa shape index (κ2) is 8.99. The van der Waals surface area contributed by atoms with Crippen molar-refractivity contribution in [1.82, 2.24) is 19.9 Å². The summed E-state index contributed by atoms with van der Waals surface area (Å²) in [5.41, 5.74) is 7.93. The zero-order valence-electron chi connectivity index (χ0n) is 18.5. The molecular formula is C23H28N6O2. The highest BCUT2D eigenvalue weighted by atomic mass is 16.5. The summed E-state index contributed by atoms with van der Waals surface area (Å²) in [4.78, 5) is 26.2. The van der Waals surface area contributed by atoms with Gasteiger partial charge in [0, 0.05) is 29.7 Å². The number of aromatic nitrogens is 3. The molecule has 162 valence electrons. The fraction of sp³-hybridized carbons (Fsp3) is 0.304. The van der Waals surface area contributed by atoms with Gasteiger partial charge < -0.3 is 20.4 Å². The van der Waals surface area contributed by atoms with Gasteiger partial charge >= 0.3 is 6.01 Å². The predicted octanol–water partition coefficient (Wildman–Crippen LogP) is 3.55. The predicted molar refractivity (Wildman–Crippen MR) is 124 cm³/mol. The van der Waals surface area contributed by atoms with E-state index in [-0.39, 0.29) is 23.7 Å². The van der Waals surface area contributed by atoms with E-state index in [0.29, 0.717) is 17.0 Å². The summed E-state index contributed by atoms with van der Waals surface area (Å²) in [6.07, 6.45) is 3.32. The van der Waals surface area contributed by atoms with E-state index in [1.165, 1.54) is 7.11 Å². The number of hydrogen-bond donors (Lipinski definition) is 2. The Morgan fingerprint density at radius 2 is 1.94 bits per heavy atom. The van der Waals surface area contributed by atoms with Gasteiger partial charge in [0.25, 0.3) is 5.56 Å². The maximum atomic E-state index is 13.7. The second-order valence-corrected chi connectivity index (χ2v) is 7.63. The van der Waals surface area contributed by atoms with Crippen LogP contribution < -0.4 is 21.3 Å². The number of benzene rings is 1. The van der Waals surface area contributed by atoms with Gasteiger partial charge in [0.1, 0.15) is 5.82 Å². The highest BCUT2D eigenvalue weighted by Crippen LogP contribution is 2.29. The molecule has 0 unspecified atom stereocenters. The summed E-state index contributed by atoms with van der Waals surface area (Å²) in [7, 11) is 1.51. The zero-order chi connectivity index (χ0) is 22.7. The van der Waals surface area contributed by atoms with E-state index >= 15 is 0 Å². The summed E-state index contributed by atoms with van der Waals surface area (Å²) >= 11 is 0. The summed E-state index contributed by atoms with van der Waals surface area (Å²) in [5.74, 6) is 0.857. The van der Waals surface area contributed by atoms with Crippen molar-refractivity contribution < 1.29 is 4.74 Å². The molecule has 0 saturated carbocycles. The zero-order valence-corrected chi connectivity index (χ0v) is 18.5. The van der Waals surface area contributed by atoms with Crippen LogP contribution in [0.2, 0.25) is 0 Å². The molecule has 0 aliphatic carbocycles. The van der Waals surface area contributed by atoms with Crippen molar-refractivity contribution in [1.29, 1.82) is 0 Å². The van der Waals surface area contributed by atoms with Crippen molar-refractivity contribution in [3.8, 4) is 17.1 Å². The molecular weight excluding hydrogens is 392 g/mol. The minimum atomic E-state index is -0.205. The van der Waals surface area contributed by atoms with Crippen LogP contribution in [0.5, 0.6) is 6.01 Å². The number of methoxy groups -OCH3 is 1. The van der Waals surface area contributed by atoms with Gasteiger partial charge in [-0.05, 0) is 44.7 Å². The van der Waals surface area contributed by atoms with Crippen molar-refractivity contribution in [3.63, 3.8) is 0 Å². The lowest BCUT2D eigenvalue weighted by Crippen LogP contribution is -2.30. The molecule has 1 aromatic carbocycles. The van der Waals surface area contributed by atoms with Crippen molar-refractivity contribution in [3.05, 3.63) is 65.1 Å². The van der Waals surface area contributed by atoms with Crippen molar-refractivity contribution in [2.75, 3.05) is 7.11 Å². The average Bonchev–Trinajstić information content (AvgIpc) is 2.72. The number of amidine groups is 1. The van der Waals surface area contributed by atoms with Gasteiger partial charge in [-0.1, -0.05) is 24.8 Å². The Hall–Kier alpha value is -3.68. The van der Waals surface area contributed by atoms with E-state index < -0.39 is 0 Å². The van der Waals surface area contributed by atoms with Gasteiger partial charge in [0.2, 0.25) is 0 Å². The van der Waals surface area contributed by atoms with Crippen LogP contribution in [0.25, 0.3) is 21.9 Å². The Labute approximate surface area is 181 Å². The third kappa shape index (κ3) is 4.58. The van der Waals surface area contributed by atoms with Gasteiger partial charge in [-0.3, -0.25) is 4.79 Å². The maximum absolute atomic E-state index is 13.7. The molecule has 0 bridgehead atoms. The molecule has 3 aromatic rings. The minimum Gasteiger partial charge on any atom is -0.467 e. The van der Waals surface area contributed by atoms with Crippen molar-refractivity contribution in [2.45, 2.75) is 39.8 Å². The van der Waals surface area contributed by atoms with E-state index in [2.05, 4.69) is 26.9 Å². The van der Waals surface area contributed by atoms with E-state index in [4.69, 9.17) is 10.5 Å². The number of nitrogens with two attached hydrogens (primary N) is 1. The van der Waals surface area contributed by atoms with Gasteiger partial charge in [-0.15, -0.1) is 0 Å². The molecule has 8 nitrogen and oxygen atoms in total. The molecule has 0 aliphatic rings. The lowest BCUT2D eigenvalue weighted by molar-refractivity contribution is 0.380. The Morgan fingerprint density at radius 3 is 2.52 bits per heavy atom. The smallest absolute Gasteiger partial charge is 0.316 e. The first-order valence-corrected chi connectivity index (χ1v) is 10.0. The summed E-state index contributed by atoms with van der Waals surface area (Å²) < 4.78 is 6.84. The number of ether oxygens (including phenoxy) is 1. The fourth-order valence-corrected chi connectivity index (χ4v) is 3.63. The van der Waals surface area contributed by atoms with E-state index in [9.17, 15) is 4.79 Å². The van der Waals surface area contributed by atoms with E-state index in [0.717, 1.165) is 22.2 Å². The molecule has 2 aromatic heterocycles. The molecule has 0 aliphatic heterocycles. The molecule has 1 atom stereocenters. The Balaban J connectivity index is 2.19. The summed E-state index contributed by atoms with van der Waals surface area (Å²) in [5, 5.41) is 4.68. The van der Waals surface area contributed by atoms with E-state index in [1.807, 2.05) is 45.0 Å². The van der Waals surface area contributed by atoms with Crippen LogP contribution in [-0.2, 0) is 0 Å². The number of fused-ring (bicyclic) bond motifs is 1. The van der Waals surface area contributed by atoms with Gasteiger partial charge in [-0.25, -0.2) is 15.0 Å². The lowest BCUT2D eigenvalue weighted by atomic mass is 9.99. The highest BCUT2D eigenvalue weighted by Gasteiger charge is 2.19. The SMILES string of the molecule is C=C(N=C(C)N)N[C@@H](C)c1cc2cccc(-c3cnc(OC)nc3)c2c(=O)n1C(C)C. The molecule has 3 N–H and O–H groups in total. The molecule has 31 heavy (non-hydrogen) atoms. The topological polar surface area (TPSA) is 107 Å². The molecule has 0 amide bonds. The third-order valence-electron chi connectivity index (χ3n) is 4.89. The minimum absolute atomic E-state index is 0.0515. The van der Waals surface area contributed by atoms with Crippen LogP contribution in [0.3, 0.4) is 0 Å². The standard InChI is InChI=1S/C23H28N6O2/c1-13(2)29-20(14(3)27-16(5)28-15(4)24)10-17-8-7-9-19(21(17)22(29)30)18-11-25-23(31-6)26-12-18/h7-14,27H,5H2,1-4,6H3,(H2,24,28)/t14-/m0/s1. The van der Waals surface area contributed by atoms with Gasteiger partial charge in [0.15, 0.2) is 0 Å². The van der Waals surface area contributed by atoms with Gasteiger partial charge in [0.05, 0.1) is 24.4 Å². The Morgan fingerprint density at radius 1 is 1.26 bits per heavy atom. The second-order valence-electron chi connectivity index (χ2n) is 7.63. The molecule has 0 saturated heterocycles. The van der Waals surface area contributed by atoms with Crippen molar-refractivity contribution >= 4 is 16.6 Å². The van der Waals surface area contributed by atoms with Crippen LogP contribution in [-0.4, -0.2) is 27.5 Å². The Kier molecular flexibility index (Phi) is 6.39. The molecule has 0 radical (unpaired) electrons. The maximum Gasteiger partial charge on any atom is 0.316 e. The number of nitrogens with zero attached hydrogens (tertiary/aromatic N) is 4. The number of pyridine rings is 1. The molecule has 0 fully saturated rings. The first-order chi connectivity index (χ1) is 14.7. The van der Waals surface area contributed by atoms with Crippen LogP contribution in [0.4, 0.5) is 0 Å². The highest BCUT2D eigenvalue weighted by molar-refractivity contribution is 5.96. The quantitative estimate of drug-likeness (QED) is 0.447. The van der Waals surface area contributed by atoms with E-state index in [1.54, 1.807) is 23.9 Å². The van der Waals surface area contributed by atoms with Crippen molar-refractivity contribution in [2.24, 2.45) is 10.7 Å². The number of nitrogens with one attached hydrogen (secondary N) is 1. The number of hydrogen-bond acceptors (Lipinski definition) is 6. The lowest BCUT2D eigenvalue weighted by Gasteiger charge is -2.24. The monoisotopic (exact) mass is 420 g/mol. The van der Waals surface area contributed by atoms with Crippen LogP contribution in [0.15, 0.2) is 58.8 Å². The summed E-state index contributed by atoms with van der Waals surface area (Å²) in [6, 6.07) is 7.80. The molecule has 3 rings (SSSR count). The number of aliphatic imine (C=N–C) groups is 1. The van der Waals surface area contributed by atoms with Crippen LogP contribution >= 0.6 is 0 Å². The van der Waals surface area contributed by atoms with Gasteiger partial charge in [-0.2, -0.15) is 0 Å².